The average Bonchev–Trinajstić information content (AvgIpc) is 3.61. The van der Waals surface area contributed by atoms with E-state index in [-0.39, 0.29) is 36.9 Å². The molecule has 1 fully saturated rings. The van der Waals surface area contributed by atoms with Crippen molar-refractivity contribution in [3.8, 4) is 0 Å². The molecule has 2 aromatic heterocycles. The van der Waals surface area contributed by atoms with Crippen LogP contribution in [0, 0.1) is 0 Å². The van der Waals surface area contributed by atoms with Crippen LogP contribution in [-0.2, 0) is 16.1 Å². The summed E-state index contributed by atoms with van der Waals surface area (Å²) in [6.07, 6.45) is 4.14. The molecule has 0 unspecified atom stereocenters. The first-order chi connectivity index (χ1) is 16.1. The van der Waals surface area contributed by atoms with Crippen LogP contribution in [0.5, 0.6) is 0 Å². The molecule has 8 heteroatoms. The van der Waals surface area contributed by atoms with Crippen LogP contribution in [0.25, 0.3) is 0 Å². The zero-order valence-electron chi connectivity index (χ0n) is 18.2. The molecule has 0 aliphatic heterocycles. The highest BCUT2D eigenvalue weighted by atomic mass is 32.1. The van der Waals surface area contributed by atoms with Crippen molar-refractivity contribution in [1.82, 2.24) is 15.5 Å². The third-order valence-electron chi connectivity index (χ3n) is 5.74. The minimum Gasteiger partial charge on any atom is -0.351 e. The van der Waals surface area contributed by atoms with Crippen LogP contribution in [0.3, 0.4) is 0 Å². The van der Waals surface area contributed by atoms with Gasteiger partial charge in [0.25, 0.3) is 5.91 Å². The molecule has 0 radical (unpaired) electrons. The molecule has 2 N–H and O–H groups in total. The second kappa shape index (κ2) is 11.2. The van der Waals surface area contributed by atoms with Crippen LogP contribution in [0.15, 0.2) is 65.4 Å². The highest BCUT2D eigenvalue weighted by Crippen LogP contribution is 2.29. The third-order valence-corrected chi connectivity index (χ3v) is 7.53. The predicted molar refractivity (Wildman–Crippen MR) is 131 cm³/mol. The van der Waals surface area contributed by atoms with E-state index in [1.807, 2.05) is 53.2 Å². The van der Waals surface area contributed by atoms with Crippen molar-refractivity contribution in [3.05, 3.63) is 80.7 Å². The maximum atomic E-state index is 13.5. The molecule has 6 nitrogen and oxygen atoms in total. The summed E-state index contributed by atoms with van der Waals surface area (Å²) in [4.78, 5) is 42.3. The van der Waals surface area contributed by atoms with Gasteiger partial charge >= 0.3 is 0 Å². The van der Waals surface area contributed by atoms with E-state index in [0.29, 0.717) is 4.88 Å². The smallest absolute Gasteiger partial charge is 0.261 e. The van der Waals surface area contributed by atoms with Crippen LogP contribution in [0.4, 0.5) is 0 Å². The lowest BCUT2D eigenvalue weighted by molar-refractivity contribution is -0.141. The molecule has 0 bridgehead atoms. The van der Waals surface area contributed by atoms with Gasteiger partial charge in [0, 0.05) is 17.5 Å². The zero-order valence-corrected chi connectivity index (χ0v) is 19.9. The maximum absolute atomic E-state index is 13.5. The van der Waals surface area contributed by atoms with Gasteiger partial charge in [0.15, 0.2) is 0 Å². The van der Waals surface area contributed by atoms with Crippen LogP contribution in [-0.4, -0.2) is 35.2 Å². The van der Waals surface area contributed by atoms with E-state index >= 15 is 0 Å². The molecular weight excluding hydrogens is 454 g/mol. The molecular formula is C25H27N3O3S2. The van der Waals surface area contributed by atoms with Gasteiger partial charge in [-0.3, -0.25) is 14.4 Å². The summed E-state index contributed by atoms with van der Waals surface area (Å²) in [5.41, 5.74) is 0.922. The van der Waals surface area contributed by atoms with Crippen LogP contribution in [0.2, 0.25) is 0 Å². The van der Waals surface area contributed by atoms with Gasteiger partial charge in [-0.05, 0) is 41.3 Å². The van der Waals surface area contributed by atoms with Crippen LogP contribution < -0.4 is 10.6 Å². The molecule has 3 aromatic rings. The first-order valence-electron chi connectivity index (χ1n) is 11.1. The van der Waals surface area contributed by atoms with E-state index in [1.165, 1.54) is 22.7 Å². The first kappa shape index (κ1) is 23.2. The van der Waals surface area contributed by atoms with Crippen molar-refractivity contribution in [2.24, 2.45) is 0 Å². The quantitative estimate of drug-likeness (QED) is 0.476. The zero-order chi connectivity index (χ0) is 23.0. The summed E-state index contributed by atoms with van der Waals surface area (Å²) in [6, 6.07) is 16.3. The number of rotatable bonds is 9. The number of carbonyl (C=O) groups is 3. The minimum atomic E-state index is -0.753. The number of thiophene rings is 2. The number of nitrogens with zero attached hydrogens (tertiary/aromatic N) is 1. The molecule has 1 atom stereocenters. The topological polar surface area (TPSA) is 78.5 Å². The van der Waals surface area contributed by atoms with Gasteiger partial charge in [0.05, 0.1) is 11.4 Å². The third kappa shape index (κ3) is 6.09. The molecule has 0 spiro atoms. The van der Waals surface area contributed by atoms with E-state index in [4.69, 9.17) is 0 Å². The predicted octanol–water partition coefficient (Wildman–Crippen LogP) is 4.37. The molecule has 1 aliphatic rings. The highest BCUT2D eigenvalue weighted by Gasteiger charge is 2.34. The molecule has 1 aliphatic carbocycles. The fourth-order valence-corrected chi connectivity index (χ4v) is 5.55. The van der Waals surface area contributed by atoms with Gasteiger partial charge in [0.1, 0.15) is 6.04 Å². The molecule has 2 heterocycles. The number of hydrogen-bond acceptors (Lipinski definition) is 5. The van der Waals surface area contributed by atoms with Gasteiger partial charge < -0.3 is 15.5 Å². The fourth-order valence-electron chi connectivity index (χ4n) is 4.08. The lowest BCUT2D eigenvalue weighted by Crippen LogP contribution is -2.48. The van der Waals surface area contributed by atoms with E-state index < -0.39 is 6.04 Å². The molecule has 33 heavy (non-hydrogen) atoms. The Bertz CT molecular complexity index is 1050. The summed E-state index contributed by atoms with van der Waals surface area (Å²) in [5, 5.41) is 9.61. The van der Waals surface area contributed by atoms with E-state index in [0.717, 1.165) is 36.1 Å². The van der Waals surface area contributed by atoms with Crippen molar-refractivity contribution in [2.75, 3.05) is 6.54 Å². The number of hydrogen-bond donors (Lipinski definition) is 2. The average molecular weight is 482 g/mol. The Morgan fingerprint density at radius 3 is 2.33 bits per heavy atom. The van der Waals surface area contributed by atoms with Crippen molar-refractivity contribution in [1.29, 1.82) is 0 Å². The minimum absolute atomic E-state index is 0.146. The van der Waals surface area contributed by atoms with E-state index in [1.54, 1.807) is 17.0 Å². The fraction of sp³-hybridized carbons (Fsp3) is 0.320. The second-order valence-electron chi connectivity index (χ2n) is 8.08. The van der Waals surface area contributed by atoms with Crippen molar-refractivity contribution in [3.63, 3.8) is 0 Å². The number of carbonyl (C=O) groups excluding carboxylic acids is 3. The Labute approximate surface area is 201 Å². The van der Waals surface area contributed by atoms with Crippen molar-refractivity contribution < 1.29 is 14.4 Å². The number of benzene rings is 1. The molecule has 172 valence electrons. The Morgan fingerprint density at radius 1 is 0.939 bits per heavy atom. The van der Waals surface area contributed by atoms with E-state index in [2.05, 4.69) is 10.6 Å². The summed E-state index contributed by atoms with van der Waals surface area (Å²) >= 11 is 2.78. The van der Waals surface area contributed by atoms with Gasteiger partial charge in [0.2, 0.25) is 11.8 Å². The SMILES string of the molecule is O=C(NCC(=O)N(Cc1ccccc1)[C@@H](C(=O)NC1CCCC1)c1cccs1)c1cccs1. The summed E-state index contributed by atoms with van der Waals surface area (Å²) in [7, 11) is 0. The Balaban J connectivity index is 1.57. The molecule has 1 aromatic carbocycles. The molecule has 0 saturated heterocycles. The molecule has 4 rings (SSSR count). The van der Waals surface area contributed by atoms with Gasteiger partial charge in [-0.25, -0.2) is 0 Å². The van der Waals surface area contributed by atoms with Crippen LogP contribution in [0.1, 0.15) is 51.8 Å². The monoisotopic (exact) mass is 481 g/mol. The second-order valence-corrected chi connectivity index (χ2v) is 10.0. The highest BCUT2D eigenvalue weighted by molar-refractivity contribution is 7.12. The van der Waals surface area contributed by atoms with Gasteiger partial charge in [-0.2, -0.15) is 0 Å². The number of amides is 3. The molecule has 1 saturated carbocycles. The molecule has 3 amide bonds. The van der Waals surface area contributed by atoms with Gasteiger partial charge in [-0.15, -0.1) is 22.7 Å². The summed E-state index contributed by atoms with van der Waals surface area (Å²) in [6.45, 7) is 0.0946. The Hall–Kier alpha value is -2.97. The van der Waals surface area contributed by atoms with Crippen LogP contribution >= 0.6 is 22.7 Å². The Kier molecular flexibility index (Phi) is 7.91. The maximum Gasteiger partial charge on any atom is 0.261 e. The Morgan fingerprint density at radius 2 is 1.67 bits per heavy atom. The standard InChI is InChI=1S/C25H27N3O3S2/c29-22(16-26-24(30)21-13-7-15-33-21)28(17-18-8-2-1-3-9-18)23(20-12-6-14-32-20)25(31)27-19-10-4-5-11-19/h1-3,6-9,12-15,19,23H,4-5,10-11,16-17H2,(H,26,30)(H,27,31)/t23-/m1/s1. The first-order valence-corrected chi connectivity index (χ1v) is 12.9. The van der Waals surface area contributed by atoms with Gasteiger partial charge in [-0.1, -0.05) is 55.3 Å². The lowest BCUT2D eigenvalue weighted by atomic mass is 10.1. The summed E-state index contributed by atoms with van der Waals surface area (Å²) in [5.74, 6) is -0.761. The van der Waals surface area contributed by atoms with Crippen molar-refractivity contribution in [2.45, 2.75) is 44.3 Å². The van der Waals surface area contributed by atoms with Crippen molar-refractivity contribution >= 4 is 40.4 Å². The normalized spacial score (nSPS) is 14.5. The lowest BCUT2D eigenvalue weighted by Gasteiger charge is -2.31. The number of nitrogens with one attached hydrogen (secondary N) is 2. The summed E-state index contributed by atoms with van der Waals surface area (Å²) < 4.78 is 0. The largest absolute Gasteiger partial charge is 0.351 e. The van der Waals surface area contributed by atoms with E-state index in [9.17, 15) is 14.4 Å².